The Morgan fingerprint density at radius 3 is 1.93 bits per heavy atom. The third kappa shape index (κ3) is 5.94. The topological polar surface area (TPSA) is 64.6 Å². The second-order valence-corrected chi connectivity index (χ2v) is 6.58. The molecule has 3 rings (SSSR count). The quantitative estimate of drug-likeness (QED) is 0.524. The molecule has 3 aromatic carbocycles. The van der Waals surface area contributed by atoms with Crippen molar-refractivity contribution < 1.29 is 19.1 Å². The average Bonchev–Trinajstić information content (AvgIpc) is 2.75. The summed E-state index contributed by atoms with van der Waals surface area (Å²) in [6.45, 7) is 3.72. The number of nitrogens with one attached hydrogen (secondary N) is 1. The summed E-state index contributed by atoms with van der Waals surface area (Å²) < 4.78 is 11.2. The van der Waals surface area contributed by atoms with Gasteiger partial charge in [-0.25, -0.2) is 0 Å². The first kappa shape index (κ1) is 20.1. The Bertz CT molecular complexity index is 961. The summed E-state index contributed by atoms with van der Waals surface area (Å²) in [5, 5.41) is 2.78. The lowest BCUT2D eigenvalue weighted by molar-refractivity contribution is -0.118. The molecule has 0 unspecified atom stereocenters. The molecule has 0 radical (unpaired) electrons. The largest absolute Gasteiger partial charge is 0.484 e. The van der Waals surface area contributed by atoms with E-state index in [4.69, 9.17) is 9.47 Å². The summed E-state index contributed by atoms with van der Waals surface area (Å²) in [6, 6.07) is 21.7. The van der Waals surface area contributed by atoms with Crippen molar-refractivity contribution in [3.63, 3.8) is 0 Å². The van der Waals surface area contributed by atoms with Crippen LogP contribution in [0.1, 0.15) is 29.3 Å². The van der Waals surface area contributed by atoms with E-state index < -0.39 is 0 Å². The molecule has 1 amide bonds. The van der Waals surface area contributed by atoms with Crippen molar-refractivity contribution in [2.45, 2.75) is 20.3 Å². The van der Waals surface area contributed by atoms with Crippen LogP contribution in [0.4, 0.5) is 5.69 Å². The highest BCUT2D eigenvalue weighted by atomic mass is 16.5. The molecule has 0 bridgehead atoms. The van der Waals surface area contributed by atoms with E-state index in [-0.39, 0.29) is 18.3 Å². The minimum Gasteiger partial charge on any atom is -0.484 e. The SMILES string of the molecule is CCC(=O)c1ccc(OCC(=O)Nc2ccc(Oc3ccc(C)cc3)cc2)cc1. The molecule has 5 nitrogen and oxygen atoms in total. The predicted octanol–water partition coefficient (Wildman–Crippen LogP) is 5.40. The van der Waals surface area contributed by atoms with Crippen LogP contribution in [0, 0.1) is 6.92 Å². The summed E-state index contributed by atoms with van der Waals surface area (Å²) in [6.07, 6.45) is 0.456. The lowest BCUT2D eigenvalue weighted by Crippen LogP contribution is -2.20. The van der Waals surface area contributed by atoms with Crippen LogP contribution in [0.5, 0.6) is 17.2 Å². The lowest BCUT2D eigenvalue weighted by atomic mass is 10.1. The number of hydrogen-bond acceptors (Lipinski definition) is 4. The molecule has 148 valence electrons. The van der Waals surface area contributed by atoms with Crippen LogP contribution in [0.3, 0.4) is 0 Å². The molecule has 0 saturated heterocycles. The summed E-state index contributed by atoms with van der Waals surface area (Å²) in [7, 11) is 0. The van der Waals surface area contributed by atoms with Gasteiger partial charge < -0.3 is 14.8 Å². The van der Waals surface area contributed by atoms with E-state index >= 15 is 0 Å². The summed E-state index contributed by atoms with van der Waals surface area (Å²) in [5.41, 5.74) is 2.46. The van der Waals surface area contributed by atoms with E-state index in [0.717, 1.165) is 5.75 Å². The van der Waals surface area contributed by atoms with Crippen molar-refractivity contribution >= 4 is 17.4 Å². The van der Waals surface area contributed by atoms with Crippen LogP contribution < -0.4 is 14.8 Å². The first-order chi connectivity index (χ1) is 14.0. The van der Waals surface area contributed by atoms with E-state index in [1.54, 1.807) is 48.5 Å². The van der Waals surface area contributed by atoms with Crippen molar-refractivity contribution in [1.29, 1.82) is 0 Å². The monoisotopic (exact) mass is 389 g/mol. The fourth-order valence-electron chi connectivity index (χ4n) is 2.64. The molecule has 0 spiro atoms. The maximum Gasteiger partial charge on any atom is 0.262 e. The van der Waals surface area contributed by atoms with Gasteiger partial charge in [-0.2, -0.15) is 0 Å². The molecule has 1 N–H and O–H groups in total. The van der Waals surface area contributed by atoms with Gasteiger partial charge in [0.1, 0.15) is 17.2 Å². The van der Waals surface area contributed by atoms with Gasteiger partial charge in [0.2, 0.25) is 0 Å². The lowest BCUT2D eigenvalue weighted by Gasteiger charge is -2.09. The second kappa shape index (κ2) is 9.55. The number of anilines is 1. The third-order valence-corrected chi connectivity index (χ3v) is 4.26. The fourth-order valence-corrected chi connectivity index (χ4v) is 2.64. The van der Waals surface area contributed by atoms with Gasteiger partial charge >= 0.3 is 0 Å². The van der Waals surface area contributed by atoms with Gasteiger partial charge in [-0.3, -0.25) is 9.59 Å². The van der Waals surface area contributed by atoms with Crippen molar-refractivity contribution in [3.8, 4) is 17.2 Å². The number of aryl methyl sites for hydroxylation is 1. The van der Waals surface area contributed by atoms with E-state index in [1.807, 2.05) is 38.1 Å². The molecule has 0 aliphatic rings. The Labute approximate surface area is 170 Å². The Morgan fingerprint density at radius 1 is 0.793 bits per heavy atom. The van der Waals surface area contributed by atoms with E-state index in [1.165, 1.54) is 5.56 Å². The standard InChI is InChI=1S/C24H23NO4/c1-3-23(26)18-6-12-20(13-7-18)28-16-24(27)25-19-8-14-22(15-9-19)29-21-10-4-17(2)5-11-21/h4-15H,3,16H2,1-2H3,(H,25,27). The highest BCUT2D eigenvalue weighted by molar-refractivity contribution is 5.96. The van der Waals surface area contributed by atoms with Crippen LogP contribution in [-0.4, -0.2) is 18.3 Å². The molecule has 0 saturated carbocycles. The summed E-state index contributed by atoms with van der Waals surface area (Å²) in [4.78, 5) is 23.7. The number of hydrogen-bond donors (Lipinski definition) is 1. The maximum absolute atomic E-state index is 12.1. The molecular formula is C24H23NO4. The molecule has 29 heavy (non-hydrogen) atoms. The number of ether oxygens (including phenoxy) is 2. The molecular weight excluding hydrogens is 366 g/mol. The molecule has 0 heterocycles. The second-order valence-electron chi connectivity index (χ2n) is 6.58. The number of ketones is 1. The van der Waals surface area contributed by atoms with Crippen LogP contribution in [0.25, 0.3) is 0 Å². The van der Waals surface area contributed by atoms with Crippen molar-refractivity contribution in [3.05, 3.63) is 83.9 Å². The van der Waals surface area contributed by atoms with Gasteiger partial charge in [0.05, 0.1) is 0 Å². The minimum atomic E-state index is -0.272. The molecule has 0 aromatic heterocycles. The highest BCUT2D eigenvalue weighted by Crippen LogP contribution is 2.23. The van der Waals surface area contributed by atoms with E-state index in [2.05, 4.69) is 5.32 Å². The van der Waals surface area contributed by atoms with Crippen LogP contribution >= 0.6 is 0 Å². The zero-order valence-electron chi connectivity index (χ0n) is 16.5. The molecule has 0 aliphatic carbocycles. The Balaban J connectivity index is 1.49. The van der Waals surface area contributed by atoms with E-state index in [0.29, 0.717) is 29.2 Å². The predicted molar refractivity (Wildman–Crippen MR) is 113 cm³/mol. The van der Waals surface area contributed by atoms with Crippen LogP contribution in [0.15, 0.2) is 72.8 Å². The van der Waals surface area contributed by atoms with Crippen LogP contribution in [0.2, 0.25) is 0 Å². The normalized spacial score (nSPS) is 10.3. The minimum absolute atomic E-state index is 0.0732. The Morgan fingerprint density at radius 2 is 1.34 bits per heavy atom. The average molecular weight is 389 g/mol. The van der Waals surface area contributed by atoms with Gasteiger partial charge in [0, 0.05) is 17.7 Å². The highest BCUT2D eigenvalue weighted by Gasteiger charge is 2.06. The molecule has 0 atom stereocenters. The van der Waals surface area contributed by atoms with Gasteiger partial charge in [0.25, 0.3) is 5.91 Å². The van der Waals surface area contributed by atoms with Gasteiger partial charge in [0.15, 0.2) is 12.4 Å². The molecule has 0 fully saturated rings. The number of benzene rings is 3. The summed E-state index contributed by atoms with van der Waals surface area (Å²) >= 11 is 0. The zero-order valence-corrected chi connectivity index (χ0v) is 16.5. The molecule has 3 aromatic rings. The first-order valence-electron chi connectivity index (χ1n) is 9.44. The van der Waals surface area contributed by atoms with Gasteiger partial charge in [-0.1, -0.05) is 24.6 Å². The van der Waals surface area contributed by atoms with Crippen molar-refractivity contribution in [1.82, 2.24) is 0 Å². The Kier molecular flexibility index (Phi) is 6.63. The zero-order chi connectivity index (χ0) is 20.6. The Hall–Kier alpha value is -3.60. The van der Waals surface area contributed by atoms with Crippen molar-refractivity contribution in [2.75, 3.05) is 11.9 Å². The third-order valence-electron chi connectivity index (χ3n) is 4.26. The van der Waals surface area contributed by atoms with Crippen molar-refractivity contribution in [2.24, 2.45) is 0 Å². The summed E-state index contributed by atoms with van der Waals surface area (Å²) in [5.74, 6) is 1.78. The van der Waals surface area contributed by atoms with Crippen LogP contribution in [-0.2, 0) is 4.79 Å². The first-order valence-corrected chi connectivity index (χ1v) is 9.44. The number of Topliss-reactive ketones (excluding diaryl/α,β-unsaturated/α-hetero) is 1. The van der Waals surface area contributed by atoms with Gasteiger partial charge in [-0.15, -0.1) is 0 Å². The maximum atomic E-state index is 12.1. The fraction of sp³-hybridized carbons (Fsp3) is 0.167. The smallest absolute Gasteiger partial charge is 0.262 e. The number of rotatable bonds is 8. The number of carbonyl (C=O) groups is 2. The number of carbonyl (C=O) groups excluding carboxylic acids is 2. The number of amides is 1. The van der Waals surface area contributed by atoms with Gasteiger partial charge in [-0.05, 0) is 67.6 Å². The van der Waals surface area contributed by atoms with E-state index in [9.17, 15) is 9.59 Å². The molecule has 5 heteroatoms. The molecule has 0 aliphatic heterocycles.